The average molecular weight is 649 g/mol. The van der Waals surface area contributed by atoms with Crippen LogP contribution in [0.15, 0.2) is 97.1 Å². The minimum atomic E-state index is -0.289. The van der Waals surface area contributed by atoms with Gasteiger partial charge in [-0.1, -0.05) is 70.8 Å². The van der Waals surface area contributed by atoms with Crippen molar-refractivity contribution in [3.63, 3.8) is 0 Å². The lowest BCUT2D eigenvalue weighted by molar-refractivity contribution is -0.123. The molecule has 0 fully saturated rings. The molecule has 0 radical (unpaired) electrons. The molecule has 10 nitrogen and oxygen atoms in total. The molecule has 0 aromatic heterocycles. The van der Waals surface area contributed by atoms with Crippen LogP contribution in [-0.4, -0.2) is 72.7 Å². The third kappa shape index (κ3) is 12.5. The molecule has 0 bridgehead atoms. The van der Waals surface area contributed by atoms with Crippen LogP contribution in [0, 0.1) is 27.7 Å². The summed E-state index contributed by atoms with van der Waals surface area (Å²) in [6.07, 6.45) is 0. The van der Waals surface area contributed by atoms with E-state index in [1.54, 1.807) is 9.80 Å². The summed E-state index contributed by atoms with van der Waals surface area (Å²) in [5.41, 5.74) is 6.88. The van der Waals surface area contributed by atoms with Crippen molar-refractivity contribution in [1.29, 1.82) is 0 Å². The quantitative estimate of drug-likeness (QED) is 0.137. The fourth-order valence-corrected chi connectivity index (χ4v) is 4.87. The molecule has 0 saturated carbocycles. The van der Waals surface area contributed by atoms with Gasteiger partial charge in [0.2, 0.25) is 23.6 Å². The molecular formula is C38H44N6O4. The standard InChI is InChI=1S/C38H44N6O4/c1-27-5-13-31(14-6-27)39-35(45)23-43(24-36(46)40-32-15-7-28(2)8-16-32)21-22-44(25-37(47)41-33-17-9-29(3)10-18-33)26-38(48)42-34-19-11-30(4)12-20-34/h5-20H,21-26H2,1-4H3,(H,39,45)(H,40,46)(H,41,47)(H,42,48). The molecule has 4 amide bonds. The molecule has 4 aromatic carbocycles. The van der Waals surface area contributed by atoms with Crippen molar-refractivity contribution in [1.82, 2.24) is 9.80 Å². The van der Waals surface area contributed by atoms with E-state index in [9.17, 15) is 19.2 Å². The van der Waals surface area contributed by atoms with Crippen LogP contribution in [0.2, 0.25) is 0 Å². The Morgan fingerprint density at radius 2 is 0.562 bits per heavy atom. The van der Waals surface area contributed by atoms with Gasteiger partial charge in [0.15, 0.2) is 0 Å². The summed E-state index contributed by atoms with van der Waals surface area (Å²) in [5, 5.41) is 11.6. The Balaban J connectivity index is 1.46. The van der Waals surface area contributed by atoms with Crippen molar-refractivity contribution < 1.29 is 19.2 Å². The first-order valence-electron chi connectivity index (χ1n) is 15.9. The van der Waals surface area contributed by atoms with E-state index in [0.29, 0.717) is 22.7 Å². The third-order valence-electron chi connectivity index (χ3n) is 7.54. The van der Waals surface area contributed by atoms with E-state index in [1.807, 2.05) is 125 Å². The molecule has 4 rings (SSSR count). The highest BCUT2D eigenvalue weighted by Crippen LogP contribution is 2.12. The average Bonchev–Trinajstić information content (AvgIpc) is 3.04. The van der Waals surface area contributed by atoms with Crippen LogP contribution < -0.4 is 21.3 Å². The van der Waals surface area contributed by atoms with Gasteiger partial charge in [0.05, 0.1) is 26.2 Å². The van der Waals surface area contributed by atoms with Crippen LogP contribution in [0.1, 0.15) is 22.3 Å². The van der Waals surface area contributed by atoms with Crippen LogP contribution >= 0.6 is 0 Å². The largest absolute Gasteiger partial charge is 0.325 e. The van der Waals surface area contributed by atoms with Gasteiger partial charge < -0.3 is 21.3 Å². The Morgan fingerprint density at radius 1 is 0.375 bits per heavy atom. The van der Waals surface area contributed by atoms with Gasteiger partial charge in [0.1, 0.15) is 0 Å². The van der Waals surface area contributed by atoms with Crippen molar-refractivity contribution in [2.45, 2.75) is 27.7 Å². The lowest BCUT2D eigenvalue weighted by Gasteiger charge is -2.26. The number of aryl methyl sites for hydroxylation is 4. The second-order valence-electron chi connectivity index (χ2n) is 12.1. The molecule has 0 aliphatic rings. The van der Waals surface area contributed by atoms with Gasteiger partial charge in [-0.05, 0) is 76.2 Å². The molecule has 4 aromatic rings. The first-order chi connectivity index (χ1) is 23.0. The third-order valence-corrected chi connectivity index (χ3v) is 7.54. The second-order valence-corrected chi connectivity index (χ2v) is 12.1. The van der Waals surface area contributed by atoms with E-state index in [2.05, 4.69) is 21.3 Å². The fraction of sp³-hybridized carbons (Fsp3) is 0.263. The molecule has 0 aliphatic heterocycles. The Kier molecular flexibility index (Phi) is 13.0. The van der Waals surface area contributed by atoms with Crippen molar-refractivity contribution in [3.8, 4) is 0 Å². The Labute approximate surface area is 282 Å². The highest BCUT2D eigenvalue weighted by atomic mass is 16.2. The van der Waals surface area contributed by atoms with E-state index in [4.69, 9.17) is 0 Å². The molecule has 0 atom stereocenters. The van der Waals surface area contributed by atoms with Gasteiger partial charge in [0, 0.05) is 35.8 Å². The molecule has 4 N–H and O–H groups in total. The predicted octanol–water partition coefficient (Wildman–Crippen LogP) is 5.38. The molecule has 0 unspecified atom stereocenters. The maximum absolute atomic E-state index is 13.1. The fourth-order valence-electron chi connectivity index (χ4n) is 4.87. The number of hydrogen-bond acceptors (Lipinski definition) is 6. The molecule has 0 spiro atoms. The van der Waals surface area contributed by atoms with E-state index in [0.717, 1.165) is 22.3 Å². The summed E-state index contributed by atoms with van der Waals surface area (Å²) in [6.45, 7) is 8.03. The summed E-state index contributed by atoms with van der Waals surface area (Å²) in [4.78, 5) is 55.9. The minimum Gasteiger partial charge on any atom is -0.325 e. The Bertz CT molecular complexity index is 1420. The lowest BCUT2D eigenvalue weighted by Crippen LogP contribution is -2.46. The molecule has 48 heavy (non-hydrogen) atoms. The SMILES string of the molecule is Cc1ccc(NC(=O)CN(CCN(CC(=O)Nc2ccc(C)cc2)CC(=O)Nc2ccc(C)cc2)CC(=O)Nc2ccc(C)cc2)cc1. The topological polar surface area (TPSA) is 123 Å². The number of carbonyl (C=O) groups is 4. The number of rotatable bonds is 15. The number of amides is 4. The van der Waals surface area contributed by atoms with Crippen LogP contribution in [0.3, 0.4) is 0 Å². The van der Waals surface area contributed by atoms with E-state index < -0.39 is 0 Å². The monoisotopic (exact) mass is 648 g/mol. The number of nitrogens with one attached hydrogen (secondary N) is 4. The summed E-state index contributed by atoms with van der Waals surface area (Å²) in [5.74, 6) is -1.16. The van der Waals surface area contributed by atoms with E-state index >= 15 is 0 Å². The summed E-state index contributed by atoms with van der Waals surface area (Å²) >= 11 is 0. The number of benzene rings is 4. The Hall–Kier alpha value is -5.32. The van der Waals surface area contributed by atoms with Crippen LogP contribution in [0.5, 0.6) is 0 Å². The number of anilines is 4. The smallest absolute Gasteiger partial charge is 0.238 e. The van der Waals surface area contributed by atoms with E-state index in [-0.39, 0.29) is 62.9 Å². The summed E-state index contributed by atoms with van der Waals surface area (Å²) < 4.78 is 0. The molecular weight excluding hydrogens is 604 g/mol. The maximum Gasteiger partial charge on any atom is 0.238 e. The first kappa shape index (κ1) is 35.5. The Morgan fingerprint density at radius 3 is 0.750 bits per heavy atom. The second kappa shape index (κ2) is 17.6. The van der Waals surface area contributed by atoms with Gasteiger partial charge in [-0.3, -0.25) is 29.0 Å². The highest BCUT2D eigenvalue weighted by molar-refractivity contribution is 5.96. The van der Waals surface area contributed by atoms with Crippen molar-refractivity contribution >= 4 is 46.4 Å². The molecule has 250 valence electrons. The van der Waals surface area contributed by atoms with Crippen LogP contribution in [-0.2, 0) is 19.2 Å². The van der Waals surface area contributed by atoms with Crippen LogP contribution in [0.25, 0.3) is 0 Å². The summed E-state index contributed by atoms with van der Waals surface area (Å²) in [6, 6.07) is 29.8. The zero-order valence-corrected chi connectivity index (χ0v) is 28.0. The van der Waals surface area contributed by atoms with Gasteiger partial charge in [0.25, 0.3) is 0 Å². The van der Waals surface area contributed by atoms with Gasteiger partial charge in [-0.15, -0.1) is 0 Å². The van der Waals surface area contributed by atoms with Crippen molar-refractivity contribution in [2.24, 2.45) is 0 Å². The van der Waals surface area contributed by atoms with Gasteiger partial charge >= 0.3 is 0 Å². The minimum absolute atomic E-state index is 0.0752. The van der Waals surface area contributed by atoms with E-state index in [1.165, 1.54) is 0 Å². The van der Waals surface area contributed by atoms with Crippen LogP contribution in [0.4, 0.5) is 22.7 Å². The number of hydrogen-bond donors (Lipinski definition) is 4. The number of carbonyl (C=O) groups excluding carboxylic acids is 4. The van der Waals surface area contributed by atoms with Crippen molar-refractivity contribution in [3.05, 3.63) is 119 Å². The molecule has 0 heterocycles. The first-order valence-corrected chi connectivity index (χ1v) is 15.9. The van der Waals surface area contributed by atoms with Gasteiger partial charge in [-0.2, -0.15) is 0 Å². The molecule has 0 aliphatic carbocycles. The molecule has 0 saturated heterocycles. The normalized spacial score (nSPS) is 10.9. The van der Waals surface area contributed by atoms with Crippen molar-refractivity contribution in [2.75, 3.05) is 60.5 Å². The highest BCUT2D eigenvalue weighted by Gasteiger charge is 2.20. The lowest BCUT2D eigenvalue weighted by atomic mass is 10.2. The van der Waals surface area contributed by atoms with Gasteiger partial charge in [-0.25, -0.2) is 0 Å². The zero-order chi connectivity index (χ0) is 34.5. The maximum atomic E-state index is 13.1. The predicted molar refractivity (Wildman–Crippen MR) is 192 cm³/mol. The zero-order valence-electron chi connectivity index (χ0n) is 28.0. The number of nitrogens with zero attached hydrogens (tertiary/aromatic N) is 2. The molecule has 10 heteroatoms. The summed E-state index contributed by atoms with van der Waals surface area (Å²) in [7, 11) is 0.